The number of carbonyl (C=O) groups excluding carboxylic acids is 2. The number of hydrogen-bond acceptors (Lipinski definition) is 4. The van der Waals surface area contributed by atoms with Crippen molar-refractivity contribution in [3.05, 3.63) is 65.1 Å². The maximum Gasteiger partial charge on any atom is 0.331 e. The van der Waals surface area contributed by atoms with Gasteiger partial charge in [-0.25, -0.2) is 4.79 Å². The van der Waals surface area contributed by atoms with Crippen molar-refractivity contribution >= 4 is 17.8 Å². The Morgan fingerprint density at radius 2 is 1.95 bits per heavy atom. The van der Waals surface area contributed by atoms with Gasteiger partial charge in [0.15, 0.2) is 6.10 Å². The molecule has 2 rings (SSSR count). The van der Waals surface area contributed by atoms with Gasteiger partial charge in [-0.1, -0.05) is 12.1 Å². The van der Waals surface area contributed by atoms with Crippen LogP contribution >= 0.6 is 0 Å². The third-order valence-corrected chi connectivity index (χ3v) is 3.38. The molecule has 0 saturated carbocycles. The molecule has 2 aromatic rings. The van der Waals surface area contributed by atoms with Crippen molar-refractivity contribution < 1.29 is 18.7 Å². The number of esters is 1. The van der Waals surface area contributed by atoms with E-state index in [1.54, 1.807) is 31.2 Å². The lowest BCUT2D eigenvalue weighted by atomic mass is 10.0. The molecule has 0 N–H and O–H groups in total. The molecule has 4 heteroatoms. The van der Waals surface area contributed by atoms with Gasteiger partial charge in [-0.3, -0.25) is 4.79 Å². The Labute approximate surface area is 129 Å². The monoisotopic (exact) mass is 298 g/mol. The first-order chi connectivity index (χ1) is 10.5. The number of furan rings is 1. The number of carbonyl (C=O) groups is 2. The lowest BCUT2D eigenvalue weighted by Gasteiger charge is -2.11. The van der Waals surface area contributed by atoms with E-state index in [9.17, 15) is 9.59 Å². The van der Waals surface area contributed by atoms with Crippen LogP contribution in [0.15, 0.2) is 47.1 Å². The van der Waals surface area contributed by atoms with Crippen LogP contribution in [0.2, 0.25) is 0 Å². The summed E-state index contributed by atoms with van der Waals surface area (Å²) in [7, 11) is 0. The third-order valence-electron chi connectivity index (χ3n) is 3.38. The first-order valence-corrected chi connectivity index (χ1v) is 7.01. The van der Waals surface area contributed by atoms with Gasteiger partial charge in [-0.2, -0.15) is 0 Å². The van der Waals surface area contributed by atoms with Gasteiger partial charge in [0.2, 0.25) is 5.78 Å². The Balaban J connectivity index is 1.98. The molecule has 0 fully saturated rings. The summed E-state index contributed by atoms with van der Waals surface area (Å²) < 4.78 is 10.2. The van der Waals surface area contributed by atoms with E-state index in [4.69, 9.17) is 9.15 Å². The van der Waals surface area contributed by atoms with Crippen LogP contribution in [-0.2, 0) is 9.53 Å². The number of benzene rings is 1. The third kappa shape index (κ3) is 3.95. The molecule has 1 atom stereocenters. The molecule has 0 saturated heterocycles. The maximum atomic E-state index is 12.3. The van der Waals surface area contributed by atoms with Gasteiger partial charge in [0, 0.05) is 11.6 Å². The van der Waals surface area contributed by atoms with Crippen LogP contribution in [0.1, 0.15) is 34.2 Å². The summed E-state index contributed by atoms with van der Waals surface area (Å²) in [6.45, 7) is 5.48. The van der Waals surface area contributed by atoms with E-state index >= 15 is 0 Å². The molecule has 1 aromatic heterocycles. The van der Waals surface area contributed by atoms with Crippen molar-refractivity contribution in [2.24, 2.45) is 0 Å². The summed E-state index contributed by atoms with van der Waals surface area (Å²) in [5, 5.41) is 0. The van der Waals surface area contributed by atoms with Crippen LogP contribution in [0.4, 0.5) is 0 Å². The van der Waals surface area contributed by atoms with Gasteiger partial charge in [0.05, 0.1) is 6.26 Å². The average molecular weight is 298 g/mol. The Morgan fingerprint density at radius 1 is 1.18 bits per heavy atom. The summed E-state index contributed by atoms with van der Waals surface area (Å²) in [6, 6.07) is 8.87. The minimum atomic E-state index is -0.837. The van der Waals surface area contributed by atoms with E-state index in [1.165, 1.54) is 18.4 Å². The predicted molar refractivity (Wildman–Crippen MR) is 83.5 cm³/mol. The lowest BCUT2D eigenvalue weighted by molar-refractivity contribution is -0.140. The van der Waals surface area contributed by atoms with E-state index in [0.717, 1.165) is 11.1 Å². The van der Waals surface area contributed by atoms with E-state index in [-0.39, 0.29) is 5.78 Å². The Hall–Kier alpha value is -2.62. The summed E-state index contributed by atoms with van der Waals surface area (Å²) >= 11 is 0. The molecular formula is C18H18O4. The fourth-order valence-corrected chi connectivity index (χ4v) is 1.93. The molecule has 0 aliphatic carbocycles. The molecule has 0 spiro atoms. The molecule has 114 valence electrons. The second-order valence-electron chi connectivity index (χ2n) is 5.09. The largest absolute Gasteiger partial charge is 0.465 e. The number of aryl methyl sites for hydroxylation is 2. The first kappa shape index (κ1) is 15.8. The molecule has 1 heterocycles. The van der Waals surface area contributed by atoms with Crippen LogP contribution in [-0.4, -0.2) is 17.9 Å². The molecular weight excluding hydrogens is 280 g/mol. The van der Waals surface area contributed by atoms with Crippen molar-refractivity contribution in [1.29, 1.82) is 0 Å². The molecule has 0 aliphatic heterocycles. The molecule has 0 radical (unpaired) electrons. The smallest absolute Gasteiger partial charge is 0.331 e. The standard InChI is InChI=1S/C18H18O4/c1-12-6-7-15(11-13(12)2)18(20)14(3)22-17(19)9-8-16-5-4-10-21-16/h4-11,14H,1-3H3/b9-8+/t14-/m1/s1. The van der Waals surface area contributed by atoms with Gasteiger partial charge < -0.3 is 9.15 Å². The van der Waals surface area contributed by atoms with Crippen LogP contribution < -0.4 is 0 Å². The summed E-state index contributed by atoms with van der Waals surface area (Å²) in [5.41, 5.74) is 2.68. The molecule has 0 amide bonds. The zero-order valence-electron chi connectivity index (χ0n) is 12.8. The van der Waals surface area contributed by atoms with Gasteiger partial charge in [0.1, 0.15) is 5.76 Å². The second kappa shape index (κ2) is 6.89. The molecule has 22 heavy (non-hydrogen) atoms. The fourth-order valence-electron chi connectivity index (χ4n) is 1.93. The predicted octanol–water partition coefficient (Wildman–Crippen LogP) is 3.72. The fraction of sp³-hybridized carbons (Fsp3) is 0.222. The van der Waals surface area contributed by atoms with Gasteiger partial charge in [-0.15, -0.1) is 0 Å². The first-order valence-electron chi connectivity index (χ1n) is 7.01. The molecule has 0 bridgehead atoms. The molecule has 1 aromatic carbocycles. The molecule has 0 unspecified atom stereocenters. The average Bonchev–Trinajstić information content (AvgIpc) is 3.00. The van der Waals surface area contributed by atoms with Crippen molar-refractivity contribution in [2.45, 2.75) is 26.9 Å². The second-order valence-corrected chi connectivity index (χ2v) is 5.09. The van der Waals surface area contributed by atoms with Crippen LogP contribution in [0.25, 0.3) is 6.08 Å². The van der Waals surface area contributed by atoms with Crippen molar-refractivity contribution in [1.82, 2.24) is 0 Å². The minimum Gasteiger partial charge on any atom is -0.465 e. The number of ketones is 1. The van der Waals surface area contributed by atoms with Gasteiger partial charge in [-0.05, 0) is 56.2 Å². The summed E-state index contributed by atoms with van der Waals surface area (Å²) in [5.74, 6) is -0.256. The van der Waals surface area contributed by atoms with E-state index < -0.39 is 12.1 Å². The number of hydrogen-bond donors (Lipinski definition) is 0. The molecule has 4 nitrogen and oxygen atoms in total. The highest BCUT2D eigenvalue weighted by Crippen LogP contribution is 2.13. The zero-order valence-corrected chi connectivity index (χ0v) is 12.8. The SMILES string of the molecule is Cc1ccc(C(=O)[C@@H](C)OC(=O)/C=C/c2ccco2)cc1C. The zero-order chi connectivity index (χ0) is 16.1. The van der Waals surface area contributed by atoms with Crippen molar-refractivity contribution in [3.63, 3.8) is 0 Å². The van der Waals surface area contributed by atoms with Gasteiger partial charge in [0.25, 0.3) is 0 Å². The number of ether oxygens (including phenoxy) is 1. The summed E-state index contributed by atoms with van der Waals surface area (Å²) in [4.78, 5) is 24.0. The van der Waals surface area contributed by atoms with Crippen LogP contribution in [0.3, 0.4) is 0 Å². The normalized spacial score (nSPS) is 12.3. The molecule has 0 aliphatic rings. The van der Waals surface area contributed by atoms with E-state index in [0.29, 0.717) is 11.3 Å². The van der Waals surface area contributed by atoms with Crippen LogP contribution in [0.5, 0.6) is 0 Å². The maximum absolute atomic E-state index is 12.3. The highest BCUT2D eigenvalue weighted by atomic mass is 16.5. The number of rotatable bonds is 5. The lowest BCUT2D eigenvalue weighted by Crippen LogP contribution is -2.23. The highest BCUT2D eigenvalue weighted by Gasteiger charge is 2.18. The quantitative estimate of drug-likeness (QED) is 0.479. The van der Waals surface area contributed by atoms with Crippen molar-refractivity contribution in [3.8, 4) is 0 Å². The number of Topliss-reactive ketones (excluding diaryl/α,β-unsaturated/α-hetero) is 1. The van der Waals surface area contributed by atoms with Gasteiger partial charge >= 0.3 is 5.97 Å². The van der Waals surface area contributed by atoms with E-state index in [1.807, 2.05) is 19.9 Å². The highest BCUT2D eigenvalue weighted by molar-refractivity contribution is 6.01. The Morgan fingerprint density at radius 3 is 2.59 bits per heavy atom. The van der Waals surface area contributed by atoms with E-state index in [2.05, 4.69) is 0 Å². The topological polar surface area (TPSA) is 56.5 Å². The van der Waals surface area contributed by atoms with Crippen LogP contribution in [0, 0.1) is 13.8 Å². The summed E-state index contributed by atoms with van der Waals surface area (Å²) in [6.07, 6.45) is 3.41. The Kier molecular flexibility index (Phi) is 4.94. The Bertz CT molecular complexity index is 696. The van der Waals surface area contributed by atoms with Crippen molar-refractivity contribution in [2.75, 3.05) is 0 Å². The minimum absolute atomic E-state index is 0.220.